The van der Waals surface area contributed by atoms with E-state index in [2.05, 4.69) is 5.32 Å². The summed E-state index contributed by atoms with van der Waals surface area (Å²) in [5.41, 5.74) is 1.67. The second kappa shape index (κ2) is 7.95. The maximum Gasteiger partial charge on any atom is 0.269 e. The molecule has 2 fully saturated rings. The van der Waals surface area contributed by atoms with Crippen LogP contribution in [0, 0.1) is 40.7 Å². The van der Waals surface area contributed by atoms with Crippen LogP contribution in [0.4, 0.5) is 11.4 Å². The zero-order valence-electron chi connectivity index (χ0n) is 18.0. The van der Waals surface area contributed by atoms with Gasteiger partial charge in [-0.2, -0.15) is 0 Å². The molecule has 0 aromatic heterocycles. The van der Waals surface area contributed by atoms with Gasteiger partial charge in [0.05, 0.1) is 29.2 Å². The Bertz CT molecular complexity index is 1160. The Kier molecular flexibility index (Phi) is 5.08. The number of carbonyl (C=O) groups excluding carboxylic acids is 3. The Morgan fingerprint density at radius 3 is 2.30 bits per heavy atom. The van der Waals surface area contributed by atoms with Gasteiger partial charge in [0.15, 0.2) is 0 Å². The summed E-state index contributed by atoms with van der Waals surface area (Å²) in [5.74, 6) is -1.26. The van der Waals surface area contributed by atoms with Gasteiger partial charge in [-0.1, -0.05) is 42.5 Å². The molecule has 2 aromatic rings. The molecule has 5 atom stereocenters. The Hall–Kier alpha value is -3.81. The number of nitrogens with one attached hydrogen (secondary N) is 1. The quantitative estimate of drug-likeness (QED) is 0.315. The van der Waals surface area contributed by atoms with Crippen molar-refractivity contribution in [2.75, 3.05) is 5.32 Å². The zero-order chi connectivity index (χ0) is 23.3. The molecule has 2 aromatic carbocycles. The normalized spacial score (nSPS) is 25.9. The van der Waals surface area contributed by atoms with Crippen LogP contribution in [-0.2, 0) is 14.4 Å². The molecule has 2 bridgehead atoms. The predicted octanol–water partition coefficient (Wildman–Crippen LogP) is 3.78. The highest BCUT2D eigenvalue weighted by atomic mass is 16.6. The van der Waals surface area contributed by atoms with E-state index in [9.17, 15) is 24.5 Å². The highest BCUT2D eigenvalue weighted by molar-refractivity contribution is 6.07. The number of hydrogen-bond donors (Lipinski definition) is 1. The fourth-order valence-corrected chi connectivity index (χ4v) is 5.54. The van der Waals surface area contributed by atoms with E-state index in [-0.39, 0.29) is 53.5 Å². The van der Waals surface area contributed by atoms with Gasteiger partial charge in [-0.25, -0.2) is 0 Å². The first-order valence-electron chi connectivity index (χ1n) is 11.0. The van der Waals surface area contributed by atoms with Crippen LogP contribution in [-0.4, -0.2) is 27.5 Å². The number of nitro groups is 1. The number of amides is 3. The van der Waals surface area contributed by atoms with E-state index in [1.807, 2.05) is 42.5 Å². The van der Waals surface area contributed by atoms with Crippen LogP contribution in [0.2, 0.25) is 0 Å². The molecule has 1 N–H and O–H groups in total. The number of nitrogens with zero attached hydrogens (tertiary/aromatic N) is 2. The second-order valence-electron chi connectivity index (χ2n) is 8.98. The lowest BCUT2D eigenvalue weighted by Gasteiger charge is -2.28. The van der Waals surface area contributed by atoms with Crippen molar-refractivity contribution in [1.82, 2.24) is 4.90 Å². The molecule has 5 rings (SSSR count). The molecule has 2 aliphatic carbocycles. The fourth-order valence-electron chi connectivity index (χ4n) is 5.54. The summed E-state index contributed by atoms with van der Waals surface area (Å²) >= 11 is 0. The Balaban J connectivity index is 1.40. The number of nitro benzene ring substituents is 1. The molecule has 1 heterocycles. The van der Waals surface area contributed by atoms with Gasteiger partial charge in [-0.15, -0.1) is 0 Å². The van der Waals surface area contributed by atoms with E-state index in [0.29, 0.717) is 11.3 Å². The molecule has 5 unspecified atom stereocenters. The van der Waals surface area contributed by atoms with E-state index < -0.39 is 11.0 Å². The molecule has 168 valence electrons. The number of benzene rings is 2. The number of non-ortho nitro benzene ring substituents is 1. The Labute approximate surface area is 190 Å². The minimum atomic E-state index is -0.713. The van der Waals surface area contributed by atoms with Crippen molar-refractivity contribution in [3.05, 3.63) is 81.9 Å². The van der Waals surface area contributed by atoms with Crippen LogP contribution < -0.4 is 5.32 Å². The minimum absolute atomic E-state index is 0.0595. The topological polar surface area (TPSA) is 110 Å². The van der Waals surface area contributed by atoms with Gasteiger partial charge < -0.3 is 5.32 Å². The van der Waals surface area contributed by atoms with Crippen molar-refractivity contribution in [2.45, 2.75) is 25.8 Å². The smallest absolute Gasteiger partial charge is 0.269 e. The lowest BCUT2D eigenvalue weighted by atomic mass is 9.85. The summed E-state index contributed by atoms with van der Waals surface area (Å²) in [6, 6.07) is 12.6. The molecule has 0 spiro atoms. The van der Waals surface area contributed by atoms with Crippen molar-refractivity contribution < 1.29 is 19.3 Å². The van der Waals surface area contributed by atoms with Crippen LogP contribution >= 0.6 is 0 Å². The minimum Gasteiger partial charge on any atom is -0.326 e. The first kappa shape index (κ1) is 21.1. The van der Waals surface area contributed by atoms with Gasteiger partial charge >= 0.3 is 0 Å². The average molecular weight is 445 g/mol. The number of anilines is 1. The van der Waals surface area contributed by atoms with Gasteiger partial charge in [0.25, 0.3) is 5.69 Å². The second-order valence-corrected chi connectivity index (χ2v) is 8.98. The van der Waals surface area contributed by atoms with Crippen LogP contribution in [0.25, 0.3) is 0 Å². The number of aryl methyl sites for hydroxylation is 1. The van der Waals surface area contributed by atoms with Crippen LogP contribution in [0.15, 0.2) is 60.7 Å². The SMILES string of the molecule is Cc1cc([N+](=O)[O-])ccc1NC(=O)CC(c1ccccc1)N1C(=O)C2C3C=CC(C3)C2C1=O. The first-order chi connectivity index (χ1) is 15.8. The zero-order valence-corrected chi connectivity index (χ0v) is 18.0. The molecule has 1 aliphatic heterocycles. The van der Waals surface area contributed by atoms with Crippen molar-refractivity contribution >= 4 is 29.1 Å². The lowest BCUT2D eigenvalue weighted by Crippen LogP contribution is -2.38. The van der Waals surface area contributed by atoms with Gasteiger partial charge in [-0.3, -0.25) is 29.4 Å². The van der Waals surface area contributed by atoms with Crippen molar-refractivity contribution in [2.24, 2.45) is 23.7 Å². The van der Waals surface area contributed by atoms with Crippen LogP contribution in [0.5, 0.6) is 0 Å². The molecule has 0 radical (unpaired) electrons. The molecule has 8 heteroatoms. The molecular formula is C25H23N3O5. The van der Waals surface area contributed by atoms with Gasteiger partial charge in [0.1, 0.15) is 0 Å². The molecule has 3 amide bonds. The maximum atomic E-state index is 13.4. The number of hydrogen-bond acceptors (Lipinski definition) is 5. The number of likely N-dealkylation sites (tertiary alicyclic amines) is 1. The fraction of sp³-hybridized carbons (Fsp3) is 0.320. The number of carbonyl (C=O) groups is 3. The first-order valence-corrected chi connectivity index (χ1v) is 11.0. The molecule has 3 aliphatic rings. The Morgan fingerprint density at radius 2 is 1.73 bits per heavy atom. The summed E-state index contributed by atoms with van der Waals surface area (Å²) in [6.45, 7) is 1.68. The van der Waals surface area contributed by atoms with E-state index >= 15 is 0 Å². The number of rotatable bonds is 6. The van der Waals surface area contributed by atoms with Crippen LogP contribution in [0.3, 0.4) is 0 Å². The molecular weight excluding hydrogens is 422 g/mol. The molecule has 1 saturated heterocycles. The third-order valence-corrected chi connectivity index (χ3v) is 7.07. The van der Waals surface area contributed by atoms with Gasteiger partial charge in [0, 0.05) is 17.8 Å². The molecule has 1 saturated carbocycles. The van der Waals surface area contributed by atoms with Gasteiger partial charge in [-0.05, 0) is 42.4 Å². The average Bonchev–Trinajstić information content (AvgIpc) is 3.48. The monoisotopic (exact) mass is 445 g/mol. The summed E-state index contributed by atoms with van der Waals surface area (Å²) in [5, 5.41) is 13.8. The highest BCUT2D eigenvalue weighted by Crippen LogP contribution is 2.54. The molecule has 8 nitrogen and oxygen atoms in total. The van der Waals surface area contributed by atoms with Crippen molar-refractivity contribution in [3.63, 3.8) is 0 Å². The third-order valence-electron chi connectivity index (χ3n) is 7.07. The van der Waals surface area contributed by atoms with Crippen molar-refractivity contribution in [1.29, 1.82) is 0 Å². The standard InChI is InChI=1S/C25H23N3O5/c1-14-11-18(28(32)33)9-10-19(14)26-21(29)13-20(15-5-3-2-4-6-15)27-24(30)22-16-7-8-17(12-16)23(22)25(27)31/h2-11,16-17,20,22-23H,12-13H2,1H3,(H,26,29). The number of allylic oxidation sites excluding steroid dienone is 2. The van der Waals surface area contributed by atoms with Gasteiger partial charge in [0.2, 0.25) is 17.7 Å². The highest BCUT2D eigenvalue weighted by Gasteiger charge is 2.60. The number of fused-ring (bicyclic) bond motifs is 5. The van der Waals surface area contributed by atoms with E-state index in [0.717, 1.165) is 12.0 Å². The van der Waals surface area contributed by atoms with Crippen molar-refractivity contribution in [3.8, 4) is 0 Å². The summed E-state index contributed by atoms with van der Waals surface area (Å²) in [6.07, 6.45) is 4.83. The Morgan fingerprint density at radius 1 is 1.09 bits per heavy atom. The largest absolute Gasteiger partial charge is 0.326 e. The summed E-state index contributed by atoms with van der Waals surface area (Å²) < 4.78 is 0. The third kappa shape index (κ3) is 3.51. The predicted molar refractivity (Wildman–Crippen MR) is 120 cm³/mol. The van der Waals surface area contributed by atoms with Crippen LogP contribution in [0.1, 0.15) is 30.0 Å². The maximum absolute atomic E-state index is 13.4. The lowest BCUT2D eigenvalue weighted by molar-refractivity contribution is -0.384. The van der Waals surface area contributed by atoms with E-state index in [1.165, 1.54) is 23.1 Å². The molecule has 33 heavy (non-hydrogen) atoms. The van der Waals surface area contributed by atoms with E-state index in [4.69, 9.17) is 0 Å². The number of imide groups is 1. The van der Waals surface area contributed by atoms with E-state index in [1.54, 1.807) is 6.92 Å². The summed E-state index contributed by atoms with van der Waals surface area (Å²) in [7, 11) is 0. The summed E-state index contributed by atoms with van der Waals surface area (Å²) in [4.78, 5) is 51.6.